The summed E-state index contributed by atoms with van der Waals surface area (Å²) in [5.41, 5.74) is 1.81. The van der Waals surface area contributed by atoms with Crippen LogP contribution in [0.15, 0.2) is 59.1 Å². The molecule has 3 aromatic rings. The van der Waals surface area contributed by atoms with E-state index in [0.717, 1.165) is 11.3 Å². The highest BCUT2D eigenvalue weighted by molar-refractivity contribution is 5.88. The van der Waals surface area contributed by atoms with Gasteiger partial charge < -0.3 is 19.2 Å². The van der Waals surface area contributed by atoms with Gasteiger partial charge in [-0.2, -0.15) is 10.1 Å². The third-order valence-electron chi connectivity index (χ3n) is 5.56. The number of furan rings is 1. The Labute approximate surface area is 167 Å². The minimum atomic E-state index is -0.397. The molecule has 0 amide bonds. The number of ether oxygens (including phenoxy) is 2. The Morgan fingerprint density at radius 1 is 1.21 bits per heavy atom. The van der Waals surface area contributed by atoms with Crippen LogP contribution in [0.25, 0.3) is 0 Å². The molecule has 29 heavy (non-hydrogen) atoms. The van der Waals surface area contributed by atoms with Crippen molar-refractivity contribution in [1.29, 1.82) is 0 Å². The Bertz CT molecular complexity index is 1090. The number of carbonyl (C=O) groups is 1. The largest absolute Gasteiger partial charge is 0.493 e. The van der Waals surface area contributed by atoms with Crippen LogP contribution < -0.4 is 14.8 Å². The van der Waals surface area contributed by atoms with Crippen LogP contribution >= 0.6 is 0 Å². The molecule has 1 aliphatic heterocycles. The average molecular weight is 392 g/mol. The molecule has 0 bridgehead atoms. The number of fused-ring (bicyclic) bond motifs is 2. The van der Waals surface area contributed by atoms with E-state index in [4.69, 9.17) is 13.9 Å². The van der Waals surface area contributed by atoms with E-state index in [2.05, 4.69) is 21.5 Å². The number of Topliss-reactive ketones (excluding diaryl/α,β-unsaturated/α-hetero) is 1. The number of rotatable bonds is 4. The summed E-state index contributed by atoms with van der Waals surface area (Å²) in [6.45, 7) is 0. The Hall–Kier alpha value is -3.55. The standard InChI is InChI=1S/C21H20N4O4/c1-27-16-6-5-12(10-18(16)28-2)13-8-14-19(15(26)9-13)20(17-4-3-7-29-17)25-21(24-14)22-11-23-25/h3-8,10-11,13,19-20H,9H2,1-2H3,(H,22,23,24)/t13-,19+,20-/m0/s1. The van der Waals surface area contributed by atoms with Crippen molar-refractivity contribution >= 4 is 11.7 Å². The molecule has 2 aliphatic rings. The van der Waals surface area contributed by atoms with Gasteiger partial charge >= 0.3 is 0 Å². The zero-order chi connectivity index (χ0) is 20.0. The van der Waals surface area contributed by atoms with E-state index in [0.29, 0.717) is 29.6 Å². The van der Waals surface area contributed by atoms with Gasteiger partial charge in [0, 0.05) is 18.0 Å². The van der Waals surface area contributed by atoms with Crippen molar-refractivity contribution in [2.24, 2.45) is 5.92 Å². The molecule has 3 atom stereocenters. The number of aromatic nitrogens is 3. The van der Waals surface area contributed by atoms with E-state index in [-0.39, 0.29) is 17.7 Å². The van der Waals surface area contributed by atoms with Crippen LogP contribution in [0.5, 0.6) is 11.5 Å². The summed E-state index contributed by atoms with van der Waals surface area (Å²) in [7, 11) is 3.21. The first-order chi connectivity index (χ1) is 14.2. The summed E-state index contributed by atoms with van der Waals surface area (Å²) in [5, 5.41) is 7.60. The fourth-order valence-corrected chi connectivity index (χ4v) is 4.22. The lowest BCUT2D eigenvalue weighted by atomic mass is 9.77. The van der Waals surface area contributed by atoms with Crippen molar-refractivity contribution in [1.82, 2.24) is 14.8 Å². The van der Waals surface area contributed by atoms with Gasteiger partial charge in [0.2, 0.25) is 5.95 Å². The number of methoxy groups -OCH3 is 2. The Morgan fingerprint density at radius 2 is 2.07 bits per heavy atom. The highest BCUT2D eigenvalue weighted by Crippen LogP contribution is 2.44. The topological polar surface area (TPSA) is 91.4 Å². The van der Waals surface area contributed by atoms with Crippen molar-refractivity contribution in [2.45, 2.75) is 18.4 Å². The average Bonchev–Trinajstić information content (AvgIpc) is 3.43. The molecule has 1 aliphatic carbocycles. The first kappa shape index (κ1) is 17.5. The minimum absolute atomic E-state index is 0.0761. The normalized spacial score (nSPS) is 22.9. The number of benzene rings is 1. The zero-order valence-electron chi connectivity index (χ0n) is 16.0. The minimum Gasteiger partial charge on any atom is -0.493 e. The summed E-state index contributed by atoms with van der Waals surface area (Å²) in [4.78, 5) is 17.6. The molecule has 0 radical (unpaired) electrons. The van der Waals surface area contributed by atoms with Crippen LogP contribution in [0.3, 0.4) is 0 Å². The van der Waals surface area contributed by atoms with E-state index in [9.17, 15) is 4.79 Å². The maximum atomic E-state index is 13.3. The summed E-state index contributed by atoms with van der Waals surface area (Å²) < 4.78 is 18.1. The van der Waals surface area contributed by atoms with E-state index in [1.54, 1.807) is 25.2 Å². The second-order valence-electron chi connectivity index (χ2n) is 7.10. The maximum absolute atomic E-state index is 13.3. The van der Waals surface area contributed by atoms with Crippen LogP contribution in [0, 0.1) is 5.92 Å². The van der Waals surface area contributed by atoms with Crippen LogP contribution in [-0.2, 0) is 4.79 Å². The summed E-state index contributed by atoms with van der Waals surface area (Å²) in [5.74, 6) is 2.23. The molecule has 3 heterocycles. The Balaban J connectivity index is 1.57. The van der Waals surface area contributed by atoms with Gasteiger partial charge in [0.25, 0.3) is 0 Å². The zero-order valence-corrected chi connectivity index (χ0v) is 16.0. The second kappa shape index (κ2) is 6.80. The van der Waals surface area contributed by atoms with Gasteiger partial charge in [-0.25, -0.2) is 4.68 Å². The highest BCUT2D eigenvalue weighted by atomic mass is 16.5. The summed E-state index contributed by atoms with van der Waals surface area (Å²) in [6.07, 6.45) is 5.57. The smallest absolute Gasteiger partial charge is 0.226 e. The van der Waals surface area contributed by atoms with Crippen LogP contribution in [0.1, 0.15) is 29.7 Å². The van der Waals surface area contributed by atoms with Gasteiger partial charge in [0.1, 0.15) is 23.9 Å². The number of hydrogen-bond donors (Lipinski definition) is 1. The van der Waals surface area contributed by atoms with Crippen molar-refractivity contribution in [2.75, 3.05) is 19.5 Å². The SMILES string of the molecule is COc1ccc([C@H]2C=C3Nc4ncnn4[C@@H](c4ccco4)[C@H]3C(=O)C2)cc1OC. The predicted octanol–water partition coefficient (Wildman–Crippen LogP) is 3.16. The van der Waals surface area contributed by atoms with Gasteiger partial charge in [-0.1, -0.05) is 12.1 Å². The Morgan fingerprint density at radius 3 is 2.83 bits per heavy atom. The lowest BCUT2D eigenvalue weighted by Gasteiger charge is -2.36. The molecule has 0 saturated carbocycles. The fourth-order valence-electron chi connectivity index (χ4n) is 4.22. The molecular weight excluding hydrogens is 372 g/mol. The number of hydrogen-bond acceptors (Lipinski definition) is 7. The first-order valence-electron chi connectivity index (χ1n) is 9.36. The van der Waals surface area contributed by atoms with Crippen LogP contribution in [-0.4, -0.2) is 34.8 Å². The number of ketones is 1. The monoisotopic (exact) mass is 392 g/mol. The number of allylic oxidation sites excluding steroid dienone is 2. The predicted molar refractivity (Wildman–Crippen MR) is 104 cm³/mol. The van der Waals surface area contributed by atoms with E-state index < -0.39 is 5.92 Å². The molecule has 2 aromatic heterocycles. The van der Waals surface area contributed by atoms with Crippen molar-refractivity contribution < 1.29 is 18.7 Å². The quantitative estimate of drug-likeness (QED) is 0.729. The summed E-state index contributed by atoms with van der Waals surface area (Å²) >= 11 is 0. The first-order valence-corrected chi connectivity index (χ1v) is 9.36. The number of nitrogens with zero attached hydrogens (tertiary/aromatic N) is 3. The lowest BCUT2D eigenvalue weighted by Crippen LogP contribution is -2.39. The molecule has 0 saturated heterocycles. The van der Waals surface area contributed by atoms with Crippen molar-refractivity contribution in [3.05, 3.63) is 66.0 Å². The maximum Gasteiger partial charge on any atom is 0.226 e. The molecule has 8 nitrogen and oxygen atoms in total. The third kappa shape index (κ3) is 2.79. The number of anilines is 1. The molecular formula is C21H20N4O4. The molecule has 0 spiro atoms. The fraction of sp³-hybridized carbons (Fsp3) is 0.286. The molecule has 0 unspecified atom stereocenters. The molecule has 1 N–H and O–H groups in total. The van der Waals surface area contributed by atoms with Gasteiger partial charge in [-0.3, -0.25) is 4.79 Å². The van der Waals surface area contributed by atoms with Gasteiger partial charge in [0.15, 0.2) is 11.5 Å². The van der Waals surface area contributed by atoms with E-state index >= 15 is 0 Å². The number of nitrogens with one attached hydrogen (secondary N) is 1. The lowest BCUT2D eigenvalue weighted by molar-refractivity contribution is -0.123. The Kier molecular flexibility index (Phi) is 4.12. The van der Waals surface area contributed by atoms with Crippen LogP contribution in [0.2, 0.25) is 0 Å². The number of carbonyl (C=O) groups excluding carboxylic acids is 1. The second-order valence-corrected chi connectivity index (χ2v) is 7.10. The highest BCUT2D eigenvalue weighted by Gasteiger charge is 2.44. The van der Waals surface area contributed by atoms with Crippen LogP contribution in [0.4, 0.5) is 5.95 Å². The molecule has 8 heteroatoms. The van der Waals surface area contributed by atoms with Gasteiger partial charge in [0.05, 0.1) is 26.4 Å². The van der Waals surface area contributed by atoms with Gasteiger partial charge in [-0.15, -0.1) is 0 Å². The molecule has 148 valence electrons. The third-order valence-corrected chi connectivity index (χ3v) is 5.56. The molecule has 1 aromatic carbocycles. The molecule has 0 fully saturated rings. The van der Waals surface area contributed by atoms with Crippen molar-refractivity contribution in [3.8, 4) is 11.5 Å². The van der Waals surface area contributed by atoms with E-state index in [1.165, 1.54) is 6.33 Å². The van der Waals surface area contributed by atoms with Gasteiger partial charge in [-0.05, 0) is 29.8 Å². The summed E-state index contributed by atoms with van der Waals surface area (Å²) in [6, 6.07) is 9.08. The van der Waals surface area contributed by atoms with E-state index in [1.807, 2.05) is 30.3 Å². The molecule has 5 rings (SSSR count). The van der Waals surface area contributed by atoms with Crippen molar-refractivity contribution in [3.63, 3.8) is 0 Å².